The minimum atomic E-state index is -0.574. The molecular weight excluding hydrogens is 266 g/mol. The number of rotatable bonds is 4. The van der Waals surface area contributed by atoms with Crippen molar-refractivity contribution in [3.05, 3.63) is 34.2 Å². The Kier molecular flexibility index (Phi) is 3.96. The average Bonchev–Trinajstić information content (AvgIpc) is 2.98. The summed E-state index contributed by atoms with van der Waals surface area (Å²) in [5, 5.41) is 5.73. The Morgan fingerprint density at radius 2 is 2.32 bits per heavy atom. The fourth-order valence-electron chi connectivity index (χ4n) is 1.56. The highest BCUT2D eigenvalue weighted by atomic mass is 32.1. The van der Waals surface area contributed by atoms with E-state index in [4.69, 9.17) is 10.5 Å². The highest BCUT2D eigenvalue weighted by molar-refractivity contribution is 7.10. The molecule has 7 heteroatoms. The second kappa shape index (κ2) is 5.66. The third kappa shape index (κ3) is 2.82. The number of aromatic nitrogens is 2. The van der Waals surface area contributed by atoms with Crippen molar-refractivity contribution in [1.82, 2.24) is 9.78 Å². The minimum absolute atomic E-state index is 0.0139. The van der Waals surface area contributed by atoms with Crippen LogP contribution in [0.15, 0.2) is 23.7 Å². The molecule has 100 valence electrons. The number of thiophene rings is 1. The maximum atomic E-state index is 12.0. The standard InChI is InChI=1S/C12H13N3O3S/c1-2-18-12(17)9-7-14-15(11(9)13)10(16)6-8-4-3-5-19-8/h3-5,7H,2,6,13H2,1H3. The van der Waals surface area contributed by atoms with Gasteiger partial charge >= 0.3 is 5.97 Å². The molecule has 0 saturated carbocycles. The van der Waals surface area contributed by atoms with Crippen molar-refractivity contribution in [3.8, 4) is 0 Å². The SMILES string of the molecule is CCOC(=O)c1cnn(C(=O)Cc2cccs2)c1N. The van der Waals surface area contributed by atoms with Crippen LogP contribution in [-0.2, 0) is 11.2 Å². The van der Waals surface area contributed by atoms with E-state index in [0.717, 1.165) is 9.56 Å². The first-order chi connectivity index (χ1) is 9.13. The molecule has 19 heavy (non-hydrogen) atoms. The maximum Gasteiger partial charge on any atom is 0.343 e. The lowest BCUT2D eigenvalue weighted by atomic mass is 10.3. The predicted molar refractivity (Wildman–Crippen MR) is 71.2 cm³/mol. The second-order valence-electron chi connectivity index (χ2n) is 3.73. The summed E-state index contributed by atoms with van der Waals surface area (Å²) in [6.45, 7) is 1.94. The molecule has 0 aliphatic heterocycles. The van der Waals surface area contributed by atoms with Gasteiger partial charge in [-0.2, -0.15) is 9.78 Å². The molecule has 0 fully saturated rings. The molecular formula is C12H13N3O3S. The van der Waals surface area contributed by atoms with Gasteiger partial charge in [0.1, 0.15) is 11.4 Å². The van der Waals surface area contributed by atoms with E-state index in [-0.39, 0.29) is 30.3 Å². The normalized spacial score (nSPS) is 10.4. The molecule has 0 amide bonds. The molecule has 2 heterocycles. The molecule has 0 bridgehead atoms. The number of esters is 1. The monoisotopic (exact) mass is 279 g/mol. The van der Waals surface area contributed by atoms with Crippen molar-refractivity contribution in [2.75, 3.05) is 12.3 Å². The Labute approximate surface area is 113 Å². The smallest absolute Gasteiger partial charge is 0.343 e. The van der Waals surface area contributed by atoms with Gasteiger partial charge in [-0.05, 0) is 18.4 Å². The lowest BCUT2D eigenvalue weighted by molar-refractivity contribution is 0.0527. The van der Waals surface area contributed by atoms with Gasteiger partial charge in [0.05, 0.1) is 19.2 Å². The Hall–Kier alpha value is -2.15. The van der Waals surface area contributed by atoms with Gasteiger partial charge in [0, 0.05) is 4.88 Å². The Morgan fingerprint density at radius 1 is 1.53 bits per heavy atom. The van der Waals surface area contributed by atoms with E-state index < -0.39 is 5.97 Å². The summed E-state index contributed by atoms with van der Waals surface area (Å²) in [7, 11) is 0. The number of anilines is 1. The van der Waals surface area contributed by atoms with Crippen molar-refractivity contribution >= 4 is 29.0 Å². The fraction of sp³-hybridized carbons (Fsp3) is 0.250. The summed E-state index contributed by atoms with van der Waals surface area (Å²) in [6, 6.07) is 3.72. The van der Waals surface area contributed by atoms with Gasteiger partial charge in [0.15, 0.2) is 0 Å². The molecule has 0 atom stereocenters. The van der Waals surface area contributed by atoms with E-state index in [0.29, 0.717) is 0 Å². The number of nitrogens with two attached hydrogens (primary N) is 1. The van der Waals surface area contributed by atoms with E-state index in [2.05, 4.69) is 5.10 Å². The van der Waals surface area contributed by atoms with Crippen LogP contribution in [0.4, 0.5) is 5.82 Å². The molecule has 0 unspecified atom stereocenters. The third-order valence-corrected chi connectivity index (χ3v) is 3.32. The van der Waals surface area contributed by atoms with Crippen LogP contribution >= 0.6 is 11.3 Å². The van der Waals surface area contributed by atoms with Crippen LogP contribution < -0.4 is 5.73 Å². The Bertz CT molecular complexity index is 589. The van der Waals surface area contributed by atoms with E-state index in [9.17, 15) is 9.59 Å². The summed E-state index contributed by atoms with van der Waals surface area (Å²) in [6.07, 6.45) is 1.45. The Balaban J connectivity index is 2.17. The van der Waals surface area contributed by atoms with Crippen LogP contribution in [0.3, 0.4) is 0 Å². The number of nitrogen functional groups attached to an aromatic ring is 1. The number of hydrogen-bond acceptors (Lipinski definition) is 6. The third-order valence-electron chi connectivity index (χ3n) is 2.44. The zero-order valence-corrected chi connectivity index (χ0v) is 11.1. The van der Waals surface area contributed by atoms with Gasteiger partial charge < -0.3 is 10.5 Å². The quantitative estimate of drug-likeness (QED) is 0.859. The first kappa shape index (κ1) is 13.3. The number of carbonyl (C=O) groups excluding carboxylic acids is 2. The van der Waals surface area contributed by atoms with Crippen molar-refractivity contribution in [2.45, 2.75) is 13.3 Å². The van der Waals surface area contributed by atoms with E-state index in [1.54, 1.807) is 6.92 Å². The molecule has 2 N–H and O–H groups in total. The summed E-state index contributed by atoms with van der Waals surface area (Å²) in [5.41, 5.74) is 5.86. The van der Waals surface area contributed by atoms with Gasteiger partial charge in [-0.25, -0.2) is 4.79 Å². The van der Waals surface area contributed by atoms with Crippen molar-refractivity contribution in [3.63, 3.8) is 0 Å². The van der Waals surface area contributed by atoms with Crippen LogP contribution in [0.25, 0.3) is 0 Å². The first-order valence-corrected chi connectivity index (χ1v) is 6.57. The molecule has 2 aromatic heterocycles. The highest BCUT2D eigenvalue weighted by Crippen LogP contribution is 2.15. The van der Waals surface area contributed by atoms with Crippen LogP contribution in [-0.4, -0.2) is 28.3 Å². The lowest BCUT2D eigenvalue weighted by Crippen LogP contribution is -2.18. The molecule has 0 saturated heterocycles. The van der Waals surface area contributed by atoms with Crippen molar-refractivity contribution < 1.29 is 14.3 Å². The van der Waals surface area contributed by atoms with Gasteiger partial charge in [-0.3, -0.25) is 4.79 Å². The summed E-state index contributed by atoms with van der Waals surface area (Å²) >= 11 is 1.48. The number of hydrogen-bond donors (Lipinski definition) is 1. The lowest BCUT2D eigenvalue weighted by Gasteiger charge is -2.03. The molecule has 2 aromatic rings. The predicted octanol–water partition coefficient (Wildman–Crippen LogP) is 1.59. The molecule has 0 aliphatic rings. The van der Waals surface area contributed by atoms with Crippen LogP contribution in [0.5, 0.6) is 0 Å². The zero-order chi connectivity index (χ0) is 13.8. The fourth-order valence-corrected chi connectivity index (χ4v) is 2.26. The number of carbonyl (C=O) groups is 2. The summed E-state index contributed by atoms with van der Waals surface area (Å²) < 4.78 is 5.86. The van der Waals surface area contributed by atoms with Crippen LogP contribution in [0, 0.1) is 0 Å². The molecule has 0 radical (unpaired) electrons. The molecule has 0 spiro atoms. The highest BCUT2D eigenvalue weighted by Gasteiger charge is 2.20. The van der Waals surface area contributed by atoms with E-state index in [1.165, 1.54) is 17.5 Å². The van der Waals surface area contributed by atoms with Gasteiger partial charge in [0.25, 0.3) is 5.91 Å². The molecule has 0 aliphatic carbocycles. The molecule has 6 nitrogen and oxygen atoms in total. The minimum Gasteiger partial charge on any atom is -0.462 e. The van der Waals surface area contributed by atoms with E-state index >= 15 is 0 Å². The molecule has 2 rings (SSSR count). The van der Waals surface area contributed by atoms with Gasteiger partial charge in [-0.15, -0.1) is 11.3 Å². The largest absolute Gasteiger partial charge is 0.462 e. The van der Waals surface area contributed by atoms with E-state index in [1.807, 2.05) is 17.5 Å². The van der Waals surface area contributed by atoms with Crippen LogP contribution in [0.1, 0.15) is 27.0 Å². The van der Waals surface area contributed by atoms with Gasteiger partial charge in [-0.1, -0.05) is 6.07 Å². The van der Waals surface area contributed by atoms with Crippen molar-refractivity contribution in [1.29, 1.82) is 0 Å². The topological polar surface area (TPSA) is 87.2 Å². The maximum absolute atomic E-state index is 12.0. The van der Waals surface area contributed by atoms with Gasteiger partial charge in [0.2, 0.25) is 0 Å². The first-order valence-electron chi connectivity index (χ1n) is 5.69. The zero-order valence-electron chi connectivity index (χ0n) is 10.3. The molecule has 0 aromatic carbocycles. The Morgan fingerprint density at radius 3 is 2.95 bits per heavy atom. The van der Waals surface area contributed by atoms with Crippen molar-refractivity contribution in [2.24, 2.45) is 0 Å². The number of ether oxygens (including phenoxy) is 1. The second-order valence-corrected chi connectivity index (χ2v) is 4.76. The number of nitrogens with zero attached hydrogens (tertiary/aromatic N) is 2. The van der Waals surface area contributed by atoms with Crippen LogP contribution in [0.2, 0.25) is 0 Å². The average molecular weight is 279 g/mol. The summed E-state index contributed by atoms with van der Waals surface area (Å²) in [4.78, 5) is 24.5. The summed E-state index contributed by atoms with van der Waals surface area (Å²) in [5.74, 6) is -0.842.